The lowest BCUT2D eigenvalue weighted by Gasteiger charge is -2.07. The lowest BCUT2D eigenvalue weighted by Crippen LogP contribution is -2.42. The SMILES string of the molecule is NC(CO)C(=O)NCc1cccs1. The maximum absolute atomic E-state index is 11.1. The predicted octanol–water partition coefficient (Wildman–Crippen LogP) is -0.316. The van der Waals surface area contributed by atoms with E-state index in [4.69, 9.17) is 10.8 Å². The number of amides is 1. The molecule has 4 N–H and O–H groups in total. The maximum atomic E-state index is 11.1. The highest BCUT2D eigenvalue weighted by molar-refractivity contribution is 7.09. The molecular formula is C8H12N2O2S. The molecule has 5 heteroatoms. The summed E-state index contributed by atoms with van der Waals surface area (Å²) in [5.74, 6) is -0.323. The van der Waals surface area contributed by atoms with E-state index >= 15 is 0 Å². The van der Waals surface area contributed by atoms with Gasteiger partial charge >= 0.3 is 0 Å². The van der Waals surface area contributed by atoms with Crippen LogP contribution in [0.1, 0.15) is 4.88 Å². The maximum Gasteiger partial charge on any atom is 0.239 e. The second-order valence-electron chi connectivity index (χ2n) is 2.59. The van der Waals surface area contributed by atoms with Crippen molar-refractivity contribution < 1.29 is 9.90 Å². The molecule has 0 spiro atoms. The quantitative estimate of drug-likeness (QED) is 0.623. The van der Waals surface area contributed by atoms with Gasteiger partial charge < -0.3 is 16.2 Å². The van der Waals surface area contributed by atoms with E-state index in [1.807, 2.05) is 17.5 Å². The molecule has 0 aromatic carbocycles. The molecule has 4 nitrogen and oxygen atoms in total. The minimum absolute atomic E-state index is 0.323. The molecule has 0 saturated carbocycles. The fraction of sp³-hybridized carbons (Fsp3) is 0.375. The number of thiophene rings is 1. The zero-order chi connectivity index (χ0) is 9.68. The second-order valence-corrected chi connectivity index (χ2v) is 3.62. The van der Waals surface area contributed by atoms with Gasteiger partial charge in [0.05, 0.1) is 13.2 Å². The molecule has 1 aromatic heterocycles. The summed E-state index contributed by atoms with van der Waals surface area (Å²) in [4.78, 5) is 12.1. The molecule has 72 valence electrons. The first-order chi connectivity index (χ1) is 6.24. The van der Waals surface area contributed by atoms with Crippen molar-refractivity contribution >= 4 is 17.2 Å². The van der Waals surface area contributed by atoms with Crippen molar-refractivity contribution in [1.82, 2.24) is 5.32 Å². The van der Waals surface area contributed by atoms with Gasteiger partial charge in [0.15, 0.2) is 0 Å². The summed E-state index contributed by atoms with van der Waals surface area (Å²) in [5, 5.41) is 13.1. The molecule has 1 heterocycles. The van der Waals surface area contributed by atoms with Crippen LogP contribution in [0.25, 0.3) is 0 Å². The Labute approximate surface area is 80.4 Å². The molecular weight excluding hydrogens is 188 g/mol. The highest BCUT2D eigenvalue weighted by Gasteiger charge is 2.10. The fourth-order valence-corrected chi connectivity index (χ4v) is 1.45. The first-order valence-electron chi connectivity index (χ1n) is 3.90. The molecule has 0 radical (unpaired) electrons. The van der Waals surface area contributed by atoms with E-state index in [-0.39, 0.29) is 12.5 Å². The van der Waals surface area contributed by atoms with Gasteiger partial charge in [0.25, 0.3) is 0 Å². The van der Waals surface area contributed by atoms with E-state index in [2.05, 4.69) is 5.32 Å². The van der Waals surface area contributed by atoms with Gasteiger partial charge in [-0.15, -0.1) is 11.3 Å². The Balaban J connectivity index is 2.31. The van der Waals surface area contributed by atoms with Gasteiger partial charge in [-0.3, -0.25) is 4.79 Å². The molecule has 1 unspecified atom stereocenters. The second kappa shape index (κ2) is 4.96. The van der Waals surface area contributed by atoms with Crippen molar-refractivity contribution in [1.29, 1.82) is 0 Å². The largest absolute Gasteiger partial charge is 0.394 e. The normalized spacial score (nSPS) is 12.5. The average Bonchev–Trinajstić information content (AvgIpc) is 2.65. The zero-order valence-electron chi connectivity index (χ0n) is 7.06. The summed E-state index contributed by atoms with van der Waals surface area (Å²) in [6.07, 6.45) is 0. The number of nitrogens with one attached hydrogen (secondary N) is 1. The fourth-order valence-electron chi connectivity index (χ4n) is 0.801. The van der Waals surface area contributed by atoms with Crippen LogP contribution >= 0.6 is 11.3 Å². The van der Waals surface area contributed by atoms with Crippen LogP contribution < -0.4 is 11.1 Å². The number of aliphatic hydroxyl groups is 1. The van der Waals surface area contributed by atoms with Crippen molar-refractivity contribution in [3.63, 3.8) is 0 Å². The monoisotopic (exact) mass is 200 g/mol. The smallest absolute Gasteiger partial charge is 0.239 e. The number of carbonyl (C=O) groups excluding carboxylic acids is 1. The van der Waals surface area contributed by atoms with Crippen molar-refractivity contribution in [2.75, 3.05) is 6.61 Å². The Hall–Kier alpha value is -0.910. The summed E-state index contributed by atoms with van der Waals surface area (Å²) in [5.41, 5.74) is 5.30. The van der Waals surface area contributed by atoms with E-state index in [0.29, 0.717) is 6.54 Å². The molecule has 13 heavy (non-hydrogen) atoms. The summed E-state index contributed by atoms with van der Waals surface area (Å²) >= 11 is 1.57. The van der Waals surface area contributed by atoms with Crippen LogP contribution in [-0.2, 0) is 11.3 Å². The Kier molecular flexibility index (Phi) is 3.88. The van der Waals surface area contributed by atoms with Crippen molar-refractivity contribution in [2.24, 2.45) is 5.73 Å². The Morgan fingerprint density at radius 2 is 2.54 bits per heavy atom. The first-order valence-corrected chi connectivity index (χ1v) is 4.78. The Morgan fingerprint density at radius 3 is 3.08 bits per heavy atom. The van der Waals surface area contributed by atoms with Crippen LogP contribution in [-0.4, -0.2) is 23.7 Å². The van der Waals surface area contributed by atoms with Crippen molar-refractivity contribution in [2.45, 2.75) is 12.6 Å². The topological polar surface area (TPSA) is 75.3 Å². The third kappa shape index (κ3) is 3.14. The lowest BCUT2D eigenvalue weighted by atomic mass is 10.3. The highest BCUT2D eigenvalue weighted by Crippen LogP contribution is 2.07. The third-order valence-electron chi connectivity index (χ3n) is 1.55. The van der Waals surface area contributed by atoms with Crippen LogP contribution in [0, 0.1) is 0 Å². The first kappa shape index (κ1) is 10.2. The molecule has 0 aliphatic carbocycles. The van der Waals surface area contributed by atoms with Crippen molar-refractivity contribution in [3.8, 4) is 0 Å². The minimum Gasteiger partial charge on any atom is -0.394 e. The third-order valence-corrected chi connectivity index (χ3v) is 2.43. The molecule has 0 bridgehead atoms. The number of hydrogen-bond acceptors (Lipinski definition) is 4. The van der Waals surface area contributed by atoms with E-state index in [0.717, 1.165) is 4.88 Å². The Morgan fingerprint density at radius 1 is 1.77 bits per heavy atom. The van der Waals surface area contributed by atoms with Crippen LogP contribution in [0.15, 0.2) is 17.5 Å². The predicted molar refractivity (Wildman–Crippen MR) is 51.2 cm³/mol. The minimum atomic E-state index is -0.819. The molecule has 0 aliphatic rings. The summed E-state index contributed by atoms with van der Waals surface area (Å²) < 4.78 is 0. The molecule has 0 fully saturated rings. The van der Waals surface area contributed by atoms with E-state index in [1.165, 1.54) is 0 Å². The van der Waals surface area contributed by atoms with Crippen molar-refractivity contribution in [3.05, 3.63) is 22.4 Å². The van der Waals surface area contributed by atoms with Gasteiger partial charge in [0.1, 0.15) is 6.04 Å². The van der Waals surface area contributed by atoms with Crippen LogP contribution in [0.3, 0.4) is 0 Å². The van der Waals surface area contributed by atoms with Gasteiger partial charge in [-0.05, 0) is 11.4 Å². The summed E-state index contributed by atoms with van der Waals surface area (Å²) in [6.45, 7) is 0.153. The molecule has 1 amide bonds. The van der Waals surface area contributed by atoms with Gasteiger partial charge in [-0.2, -0.15) is 0 Å². The standard InChI is InChI=1S/C8H12N2O2S/c9-7(5-11)8(12)10-4-6-2-1-3-13-6/h1-3,7,11H,4-5,9H2,(H,10,12). The summed E-state index contributed by atoms with van der Waals surface area (Å²) in [6, 6.07) is 3.02. The molecule has 0 saturated heterocycles. The average molecular weight is 200 g/mol. The van der Waals surface area contributed by atoms with Gasteiger partial charge in [-0.1, -0.05) is 6.07 Å². The Bertz CT molecular complexity index is 261. The lowest BCUT2D eigenvalue weighted by molar-refractivity contribution is -0.123. The van der Waals surface area contributed by atoms with Gasteiger partial charge in [0.2, 0.25) is 5.91 Å². The summed E-state index contributed by atoms with van der Waals surface area (Å²) in [7, 11) is 0. The van der Waals surface area contributed by atoms with Crippen LogP contribution in [0.2, 0.25) is 0 Å². The van der Waals surface area contributed by atoms with Crippen LogP contribution in [0.5, 0.6) is 0 Å². The molecule has 1 aromatic rings. The van der Waals surface area contributed by atoms with E-state index in [9.17, 15) is 4.79 Å². The molecule has 1 atom stereocenters. The highest BCUT2D eigenvalue weighted by atomic mass is 32.1. The van der Waals surface area contributed by atoms with Gasteiger partial charge in [0, 0.05) is 4.88 Å². The number of nitrogens with two attached hydrogens (primary N) is 1. The van der Waals surface area contributed by atoms with E-state index < -0.39 is 6.04 Å². The number of aliphatic hydroxyl groups excluding tert-OH is 1. The van der Waals surface area contributed by atoms with Crippen LogP contribution in [0.4, 0.5) is 0 Å². The van der Waals surface area contributed by atoms with Gasteiger partial charge in [-0.25, -0.2) is 0 Å². The number of rotatable bonds is 4. The number of carbonyl (C=O) groups is 1. The molecule has 0 aliphatic heterocycles. The number of hydrogen-bond donors (Lipinski definition) is 3. The zero-order valence-corrected chi connectivity index (χ0v) is 7.88. The van der Waals surface area contributed by atoms with E-state index in [1.54, 1.807) is 11.3 Å². The molecule has 1 rings (SSSR count).